The average molecular weight is 390 g/mol. The predicted molar refractivity (Wildman–Crippen MR) is 102 cm³/mol. The van der Waals surface area contributed by atoms with Gasteiger partial charge in [0.2, 0.25) is 0 Å². The molecule has 1 aliphatic rings. The van der Waals surface area contributed by atoms with Crippen molar-refractivity contribution in [2.75, 3.05) is 6.54 Å². The van der Waals surface area contributed by atoms with Crippen molar-refractivity contribution in [2.45, 2.75) is 26.4 Å². The molecular weight excluding hydrogens is 373 g/mol. The highest BCUT2D eigenvalue weighted by molar-refractivity contribution is 6.42. The lowest BCUT2D eigenvalue weighted by atomic mass is 10.1. The van der Waals surface area contributed by atoms with Gasteiger partial charge in [-0.25, -0.2) is 4.98 Å². The van der Waals surface area contributed by atoms with E-state index in [4.69, 9.17) is 27.6 Å². The molecule has 26 heavy (non-hydrogen) atoms. The minimum Gasteiger partial charge on any atom is -0.460 e. The molecule has 3 aromatic rings. The van der Waals surface area contributed by atoms with Crippen LogP contribution in [0.4, 0.5) is 0 Å². The van der Waals surface area contributed by atoms with Gasteiger partial charge in [-0.05, 0) is 37.3 Å². The molecule has 0 bridgehead atoms. The third kappa shape index (κ3) is 3.43. The summed E-state index contributed by atoms with van der Waals surface area (Å²) in [6.07, 6.45) is 0.764. The number of rotatable bonds is 3. The van der Waals surface area contributed by atoms with Crippen LogP contribution in [-0.2, 0) is 19.5 Å². The number of nitrogens with one attached hydrogen (secondary N) is 1. The van der Waals surface area contributed by atoms with Crippen molar-refractivity contribution in [3.05, 3.63) is 73.6 Å². The fourth-order valence-electron chi connectivity index (χ4n) is 3.23. The highest BCUT2D eigenvalue weighted by atomic mass is 35.5. The summed E-state index contributed by atoms with van der Waals surface area (Å²) in [5.74, 6) is 2.25. The van der Waals surface area contributed by atoms with E-state index in [-0.39, 0.29) is 5.56 Å². The van der Waals surface area contributed by atoms with E-state index in [0.717, 1.165) is 41.3 Å². The molecule has 0 amide bonds. The molecule has 0 atom stereocenters. The summed E-state index contributed by atoms with van der Waals surface area (Å²) in [5, 5.41) is 1.01. The number of fused-ring (bicyclic) bond motifs is 1. The van der Waals surface area contributed by atoms with E-state index in [1.54, 1.807) is 19.1 Å². The lowest BCUT2D eigenvalue weighted by Gasteiger charge is -2.26. The number of aryl methyl sites for hydroxylation is 1. The largest absolute Gasteiger partial charge is 0.460 e. The highest BCUT2D eigenvalue weighted by Gasteiger charge is 2.21. The molecule has 0 fully saturated rings. The Hall–Kier alpha value is -2.08. The lowest BCUT2D eigenvalue weighted by Crippen LogP contribution is -2.35. The van der Waals surface area contributed by atoms with Gasteiger partial charge in [-0.15, -0.1) is 0 Å². The Labute approximate surface area is 160 Å². The molecule has 0 saturated heterocycles. The molecule has 7 heteroatoms. The zero-order chi connectivity index (χ0) is 18.3. The van der Waals surface area contributed by atoms with Gasteiger partial charge >= 0.3 is 0 Å². The Morgan fingerprint density at radius 3 is 2.88 bits per heavy atom. The Kier molecular flexibility index (Phi) is 4.61. The number of aromatic amines is 1. The van der Waals surface area contributed by atoms with E-state index in [0.29, 0.717) is 29.0 Å². The quantitative estimate of drug-likeness (QED) is 0.728. The van der Waals surface area contributed by atoms with Gasteiger partial charge < -0.3 is 9.40 Å². The van der Waals surface area contributed by atoms with Crippen molar-refractivity contribution in [3.8, 4) is 11.3 Å². The first-order valence-corrected chi connectivity index (χ1v) is 9.10. The van der Waals surface area contributed by atoms with Crippen LogP contribution in [0.15, 0.2) is 39.5 Å². The molecule has 0 spiro atoms. The monoisotopic (exact) mass is 389 g/mol. The molecule has 0 unspecified atom stereocenters. The average Bonchev–Trinajstić information content (AvgIpc) is 3.06. The van der Waals surface area contributed by atoms with Crippen LogP contribution >= 0.6 is 23.2 Å². The molecule has 1 N–H and O–H groups in total. The molecule has 5 nitrogen and oxygen atoms in total. The van der Waals surface area contributed by atoms with Crippen molar-refractivity contribution in [1.82, 2.24) is 14.9 Å². The first-order chi connectivity index (χ1) is 12.5. The summed E-state index contributed by atoms with van der Waals surface area (Å²) >= 11 is 12.0. The third-order valence-corrected chi connectivity index (χ3v) is 5.25. The summed E-state index contributed by atoms with van der Waals surface area (Å²) in [5.41, 5.74) is 2.48. The van der Waals surface area contributed by atoms with Crippen LogP contribution in [0.25, 0.3) is 11.3 Å². The maximum atomic E-state index is 12.2. The Balaban J connectivity index is 1.51. The van der Waals surface area contributed by atoms with E-state index < -0.39 is 0 Å². The number of halogens is 2. The van der Waals surface area contributed by atoms with Gasteiger partial charge in [-0.3, -0.25) is 9.69 Å². The molecule has 1 aromatic carbocycles. The number of hydrogen-bond acceptors (Lipinski definition) is 4. The summed E-state index contributed by atoms with van der Waals surface area (Å²) in [6.45, 7) is 3.85. The highest BCUT2D eigenvalue weighted by Crippen LogP contribution is 2.30. The molecule has 0 saturated carbocycles. The lowest BCUT2D eigenvalue weighted by molar-refractivity contribution is 0.223. The van der Waals surface area contributed by atoms with Crippen LogP contribution in [0, 0.1) is 6.92 Å². The van der Waals surface area contributed by atoms with Crippen molar-refractivity contribution in [1.29, 1.82) is 0 Å². The first kappa shape index (κ1) is 17.3. The minimum absolute atomic E-state index is 0.0480. The Morgan fingerprint density at radius 2 is 2.08 bits per heavy atom. The molecule has 3 heterocycles. The molecule has 0 aliphatic carbocycles. The second-order valence-corrected chi connectivity index (χ2v) is 7.25. The van der Waals surface area contributed by atoms with Crippen molar-refractivity contribution in [3.63, 3.8) is 0 Å². The zero-order valence-corrected chi connectivity index (χ0v) is 15.7. The van der Waals surface area contributed by atoms with Crippen LogP contribution < -0.4 is 5.56 Å². The summed E-state index contributed by atoms with van der Waals surface area (Å²) in [6, 6.07) is 9.29. The molecular formula is C19H17Cl2N3O2. The van der Waals surface area contributed by atoms with E-state index in [1.165, 1.54) is 0 Å². The van der Waals surface area contributed by atoms with Crippen molar-refractivity contribution >= 4 is 23.2 Å². The van der Waals surface area contributed by atoms with Crippen LogP contribution in [0.1, 0.15) is 22.8 Å². The zero-order valence-electron chi connectivity index (χ0n) is 14.2. The molecule has 1 aliphatic heterocycles. The third-order valence-electron chi connectivity index (χ3n) is 4.51. The number of hydrogen-bond donors (Lipinski definition) is 1. The van der Waals surface area contributed by atoms with Gasteiger partial charge in [0, 0.05) is 25.1 Å². The fourth-order valence-corrected chi connectivity index (χ4v) is 3.53. The van der Waals surface area contributed by atoms with Gasteiger partial charge in [0.15, 0.2) is 0 Å². The van der Waals surface area contributed by atoms with E-state index in [2.05, 4.69) is 14.9 Å². The first-order valence-electron chi connectivity index (χ1n) is 8.35. The van der Waals surface area contributed by atoms with E-state index >= 15 is 0 Å². The topological polar surface area (TPSA) is 62.1 Å². The second-order valence-electron chi connectivity index (χ2n) is 6.43. The van der Waals surface area contributed by atoms with Crippen LogP contribution in [0.5, 0.6) is 0 Å². The predicted octanol–water partition coefficient (Wildman–Crippen LogP) is 4.20. The molecule has 134 valence electrons. The number of aromatic nitrogens is 2. The van der Waals surface area contributed by atoms with Gasteiger partial charge in [-0.2, -0.15) is 0 Å². The SMILES string of the molecule is Cc1nc2c(c(=O)[nH]1)CN(Cc1ccc(-c3ccc(Cl)c(Cl)c3)o1)CC2. The van der Waals surface area contributed by atoms with Crippen LogP contribution in [0.2, 0.25) is 10.0 Å². The number of furan rings is 1. The number of nitrogens with zero attached hydrogens (tertiary/aromatic N) is 2. The van der Waals surface area contributed by atoms with E-state index in [9.17, 15) is 4.79 Å². The van der Waals surface area contributed by atoms with Gasteiger partial charge in [0.05, 0.1) is 27.8 Å². The van der Waals surface area contributed by atoms with Gasteiger partial charge in [-0.1, -0.05) is 23.2 Å². The maximum absolute atomic E-state index is 12.2. The molecule has 0 radical (unpaired) electrons. The van der Waals surface area contributed by atoms with E-state index in [1.807, 2.05) is 18.2 Å². The Morgan fingerprint density at radius 1 is 1.23 bits per heavy atom. The standard InChI is InChI=1S/C19H17Cl2N3O2/c1-11-22-17-6-7-24(10-14(17)19(25)23-11)9-13-3-5-18(26-13)12-2-4-15(20)16(21)8-12/h2-5,8H,6-7,9-10H2,1H3,(H,22,23,25). The summed E-state index contributed by atoms with van der Waals surface area (Å²) < 4.78 is 5.96. The Bertz CT molecular complexity index is 1030. The van der Waals surface area contributed by atoms with Crippen molar-refractivity contribution < 1.29 is 4.42 Å². The minimum atomic E-state index is -0.0480. The second kappa shape index (κ2) is 6.91. The van der Waals surface area contributed by atoms with Crippen LogP contribution in [0.3, 0.4) is 0 Å². The van der Waals surface area contributed by atoms with Gasteiger partial charge in [0.1, 0.15) is 17.3 Å². The smallest absolute Gasteiger partial charge is 0.255 e. The number of benzene rings is 1. The van der Waals surface area contributed by atoms with Crippen molar-refractivity contribution in [2.24, 2.45) is 0 Å². The molecule has 2 aromatic heterocycles. The fraction of sp³-hybridized carbons (Fsp3) is 0.263. The van der Waals surface area contributed by atoms with Gasteiger partial charge in [0.25, 0.3) is 5.56 Å². The number of H-pyrrole nitrogens is 1. The summed E-state index contributed by atoms with van der Waals surface area (Å²) in [4.78, 5) is 21.6. The summed E-state index contributed by atoms with van der Waals surface area (Å²) in [7, 11) is 0. The normalized spacial score (nSPS) is 14.4. The maximum Gasteiger partial charge on any atom is 0.255 e. The van der Waals surface area contributed by atoms with Crippen LogP contribution in [-0.4, -0.2) is 21.4 Å². The molecule has 4 rings (SSSR count).